The number of anilines is 1. The Hall–Kier alpha value is -1.74. The summed E-state index contributed by atoms with van der Waals surface area (Å²) in [7, 11) is 0. The standard InChI is InChI=1S/C19H21NOS/c1-14-7-3-4-9-17(14)12-22-13-19(21)20-15(2)11-16-8-5-6-10-18(16)20/h3-10,15H,11-13H2,1-2H3/t15-/m0/s1. The predicted molar refractivity (Wildman–Crippen MR) is 94.4 cm³/mol. The van der Waals surface area contributed by atoms with E-state index >= 15 is 0 Å². The predicted octanol–water partition coefficient (Wildman–Crippen LogP) is 4.21. The number of nitrogens with zero attached hydrogens (tertiary/aromatic N) is 1. The maximum Gasteiger partial charge on any atom is 0.237 e. The molecule has 0 saturated carbocycles. The van der Waals surface area contributed by atoms with Crippen LogP contribution in [0.2, 0.25) is 0 Å². The largest absolute Gasteiger partial charge is 0.308 e. The third kappa shape index (κ3) is 3.05. The average molecular weight is 311 g/mol. The third-order valence-electron chi connectivity index (χ3n) is 4.22. The van der Waals surface area contributed by atoms with Gasteiger partial charge in [-0.3, -0.25) is 4.79 Å². The van der Waals surface area contributed by atoms with Crippen LogP contribution >= 0.6 is 11.8 Å². The minimum absolute atomic E-state index is 0.219. The Kier molecular flexibility index (Phi) is 4.53. The molecule has 1 amide bonds. The summed E-state index contributed by atoms with van der Waals surface area (Å²) < 4.78 is 0. The minimum atomic E-state index is 0.219. The average Bonchev–Trinajstić information content (AvgIpc) is 2.85. The third-order valence-corrected chi connectivity index (χ3v) is 5.19. The molecule has 1 heterocycles. The first-order valence-electron chi connectivity index (χ1n) is 7.69. The van der Waals surface area contributed by atoms with Crippen LogP contribution in [-0.4, -0.2) is 17.7 Å². The fourth-order valence-corrected chi connectivity index (χ4v) is 4.00. The van der Waals surface area contributed by atoms with Gasteiger partial charge in [0.1, 0.15) is 0 Å². The van der Waals surface area contributed by atoms with E-state index in [1.807, 2.05) is 17.0 Å². The first-order valence-corrected chi connectivity index (χ1v) is 8.84. The van der Waals surface area contributed by atoms with Gasteiger partial charge in [-0.1, -0.05) is 42.5 Å². The van der Waals surface area contributed by atoms with Crippen molar-refractivity contribution in [2.45, 2.75) is 32.1 Å². The number of hydrogen-bond acceptors (Lipinski definition) is 2. The van der Waals surface area contributed by atoms with Crippen LogP contribution in [-0.2, 0) is 17.0 Å². The molecule has 1 atom stereocenters. The highest BCUT2D eigenvalue weighted by molar-refractivity contribution is 7.99. The van der Waals surface area contributed by atoms with Crippen molar-refractivity contribution in [3.63, 3.8) is 0 Å². The molecule has 114 valence electrons. The Morgan fingerprint density at radius 1 is 1.18 bits per heavy atom. The van der Waals surface area contributed by atoms with E-state index in [9.17, 15) is 4.79 Å². The van der Waals surface area contributed by atoms with E-state index in [0.29, 0.717) is 5.75 Å². The van der Waals surface area contributed by atoms with E-state index in [2.05, 4.69) is 50.2 Å². The Morgan fingerprint density at radius 2 is 1.91 bits per heavy atom. The molecule has 1 aliphatic heterocycles. The summed E-state index contributed by atoms with van der Waals surface area (Å²) in [5.74, 6) is 1.64. The van der Waals surface area contributed by atoms with Gasteiger partial charge < -0.3 is 4.90 Å². The lowest BCUT2D eigenvalue weighted by Gasteiger charge is -2.22. The van der Waals surface area contributed by atoms with Gasteiger partial charge in [0.05, 0.1) is 5.75 Å². The summed E-state index contributed by atoms with van der Waals surface area (Å²) in [4.78, 5) is 14.6. The van der Waals surface area contributed by atoms with Crippen molar-refractivity contribution in [2.24, 2.45) is 0 Å². The van der Waals surface area contributed by atoms with Crippen molar-refractivity contribution < 1.29 is 4.79 Å². The molecule has 0 aliphatic carbocycles. The molecule has 3 rings (SSSR count). The molecule has 2 nitrogen and oxygen atoms in total. The van der Waals surface area contributed by atoms with Gasteiger partial charge in [0, 0.05) is 17.5 Å². The Balaban J connectivity index is 1.62. The molecule has 0 fully saturated rings. The maximum absolute atomic E-state index is 12.6. The van der Waals surface area contributed by atoms with E-state index in [4.69, 9.17) is 0 Å². The molecule has 1 aliphatic rings. The van der Waals surface area contributed by atoms with Gasteiger partial charge in [-0.15, -0.1) is 11.8 Å². The molecule has 0 spiro atoms. The molecule has 2 aromatic carbocycles. The number of carbonyl (C=O) groups excluding carboxylic acids is 1. The summed E-state index contributed by atoms with van der Waals surface area (Å²) in [5, 5.41) is 0. The van der Waals surface area contributed by atoms with Gasteiger partial charge in [-0.25, -0.2) is 0 Å². The molecule has 0 N–H and O–H groups in total. The second-order valence-electron chi connectivity index (χ2n) is 5.86. The van der Waals surface area contributed by atoms with Crippen LogP contribution in [0.25, 0.3) is 0 Å². The lowest BCUT2D eigenvalue weighted by Crippen LogP contribution is -2.37. The number of amides is 1. The van der Waals surface area contributed by atoms with Crippen LogP contribution in [0, 0.1) is 6.92 Å². The molecule has 0 unspecified atom stereocenters. The molecule has 2 aromatic rings. The molecular weight excluding hydrogens is 290 g/mol. The number of carbonyl (C=O) groups is 1. The lowest BCUT2D eigenvalue weighted by atomic mass is 10.1. The summed E-state index contributed by atoms with van der Waals surface area (Å²) >= 11 is 1.70. The monoisotopic (exact) mass is 311 g/mol. The molecular formula is C19H21NOS. The Labute approximate surface area is 136 Å². The molecule has 22 heavy (non-hydrogen) atoms. The fraction of sp³-hybridized carbons (Fsp3) is 0.316. The van der Waals surface area contributed by atoms with Crippen LogP contribution in [0.3, 0.4) is 0 Å². The molecule has 0 saturated heterocycles. The van der Waals surface area contributed by atoms with Crippen molar-refractivity contribution in [3.8, 4) is 0 Å². The lowest BCUT2D eigenvalue weighted by molar-refractivity contribution is -0.116. The minimum Gasteiger partial charge on any atom is -0.308 e. The SMILES string of the molecule is Cc1ccccc1CSCC(=O)N1c2ccccc2C[C@@H]1C. The second kappa shape index (κ2) is 6.57. The topological polar surface area (TPSA) is 20.3 Å². The highest BCUT2D eigenvalue weighted by Crippen LogP contribution is 2.32. The van der Waals surface area contributed by atoms with Gasteiger partial charge in [-0.05, 0) is 43.0 Å². The zero-order valence-corrected chi connectivity index (χ0v) is 13.9. The summed E-state index contributed by atoms with van der Waals surface area (Å²) in [6, 6.07) is 16.9. The number of thioether (sulfide) groups is 1. The molecule has 0 bridgehead atoms. The summed E-state index contributed by atoms with van der Waals surface area (Å²) in [6.07, 6.45) is 0.963. The molecule has 0 aromatic heterocycles. The van der Waals surface area contributed by atoms with Crippen molar-refractivity contribution >= 4 is 23.4 Å². The highest BCUT2D eigenvalue weighted by Gasteiger charge is 2.30. The number of para-hydroxylation sites is 1. The molecule has 0 radical (unpaired) electrons. The van der Waals surface area contributed by atoms with E-state index in [1.54, 1.807) is 11.8 Å². The van der Waals surface area contributed by atoms with Crippen LogP contribution in [0.4, 0.5) is 5.69 Å². The quantitative estimate of drug-likeness (QED) is 0.843. The zero-order valence-electron chi connectivity index (χ0n) is 13.1. The van der Waals surface area contributed by atoms with Crippen molar-refractivity contribution in [2.75, 3.05) is 10.7 Å². The zero-order chi connectivity index (χ0) is 15.5. The number of benzene rings is 2. The smallest absolute Gasteiger partial charge is 0.237 e. The maximum atomic E-state index is 12.6. The van der Waals surface area contributed by atoms with Crippen molar-refractivity contribution in [3.05, 3.63) is 65.2 Å². The van der Waals surface area contributed by atoms with E-state index in [-0.39, 0.29) is 11.9 Å². The Morgan fingerprint density at radius 3 is 2.73 bits per heavy atom. The van der Waals surface area contributed by atoms with Gasteiger partial charge in [-0.2, -0.15) is 0 Å². The van der Waals surface area contributed by atoms with Crippen LogP contribution < -0.4 is 4.90 Å². The van der Waals surface area contributed by atoms with Gasteiger partial charge in [0.2, 0.25) is 5.91 Å². The van der Waals surface area contributed by atoms with Gasteiger partial charge >= 0.3 is 0 Å². The number of hydrogen-bond donors (Lipinski definition) is 0. The first kappa shape index (κ1) is 15.2. The van der Waals surface area contributed by atoms with Gasteiger partial charge in [0.25, 0.3) is 0 Å². The molecule has 3 heteroatoms. The van der Waals surface area contributed by atoms with E-state index in [1.165, 1.54) is 16.7 Å². The van der Waals surface area contributed by atoms with Gasteiger partial charge in [0.15, 0.2) is 0 Å². The van der Waals surface area contributed by atoms with Crippen molar-refractivity contribution in [1.82, 2.24) is 0 Å². The second-order valence-corrected chi connectivity index (χ2v) is 6.85. The van der Waals surface area contributed by atoms with Crippen LogP contribution in [0.5, 0.6) is 0 Å². The summed E-state index contributed by atoms with van der Waals surface area (Å²) in [5.41, 5.74) is 4.99. The number of aryl methyl sites for hydroxylation is 1. The first-order chi connectivity index (χ1) is 10.7. The number of rotatable bonds is 4. The van der Waals surface area contributed by atoms with Crippen molar-refractivity contribution in [1.29, 1.82) is 0 Å². The number of fused-ring (bicyclic) bond motifs is 1. The highest BCUT2D eigenvalue weighted by atomic mass is 32.2. The van der Waals surface area contributed by atoms with E-state index in [0.717, 1.165) is 17.9 Å². The summed E-state index contributed by atoms with van der Waals surface area (Å²) in [6.45, 7) is 4.25. The van der Waals surface area contributed by atoms with Crippen LogP contribution in [0.1, 0.15) is 23.6 Å². The van der Waals surface area contributed by atoms with Crippen LogP contribution in [0.15, 0.2) is 48.5 Å². The Bertz CT molecular complexity index is 683. The van der Waals surface area contributed by atoms with E-state index < -0.39 is 0 Å². The normalized spacial score (nSPS) is 16.6. The fourth-order valence-electron chi connectivity index (χ4n) is 3.04.